The van der Waals surface area contributed by atoms with E-state index >= 15 is 0 Å². The number of benzene rings is 1. The fourth-order valence-electron chi connectivity index (χ4n) is 1.61. The molecule has 2 rings (SSSR count). The maximum Gasteiger partial charge on any atom is 0.255 e. The number of carbonyl (C=O) groups is 1. The fourth-order valence-corrected chi connectivity index (χ4v) is 1.61. The molecule has 0 spiro atoms. The molecule has 1 aromatic carbocycles. The molecule has 13 heavy (non-hydrogen) atoms. The van der Waals surface area contributed by atoms with Crippen molar-refractivity contribution in [3.63, 3.8) is 0 Å². The molecule has 1 aliphatic heterocycles. The molecule has 0 atom stereocenters. The van der Waals surface area contributed by atoms with Crippen molar-refractivity contribution < 1.29 is 9.53 Å². The Labute approximate surface area is 76.7 Å². The van der Waals surface area contributed by atoms with Gasteiger partial charge in [0.2, 0.25) is 0 Å². The van der Waals surface area contributed by atoms with Gasteiger partial charge in [0, 0.05) is 6.54 Å². The van der Waals surface area contributed by atoms with Gasteiger partial charge in [-0.3, -0.25) is 4.79 Å². The Morgan fingerprint density at radius 2 is 2.31 bits per heavy atom. The second-order valence-corrected chi connectivity index (χ2v) is 3.00. The number of fused-ring (bicyclic) bond motifs is 1. The van der Waals surface area contributed by atoms with Gasteiger partial charge in [0.25, 0.3) is 5.91 Å². The Kier molecular flexibility index (Phi) is 1.93. The van der Waals surface area contributed by atoms with Crippen LogP contribution in [0, 0.1) is 0 Å². The smallest absolute Gasteiger partial charge is 0.255 e. The van der Waals surface area contributed by atoms with Gasteiger partial charge >= 0.3 is 0 Å². The highest BCUT2D eigenvalue weighted by Crippen LogP contribution is 2.24. The molecule has 1 amide bonds. The lowest BCUT2D eigenvalue weighted by molar-refractivity contribution is 0.0942. The summed E-state index contributed by atoms with van der Waals surface area (Å²) in [5, 5.41) is 2.79. The second kappa shape index (κ2) is 3.09. The van der Waals surface area contributed by atoms with Crippen LogP contribution in [0.4, 0.5) is 0 Å². The van der Waals surface area contributed by atoms with Crippen molar-refractivity contribution in [2.24, 2.45) is 0 Å². The van der Waals surface area contributed by atoms with E-state index in [-0.39, 0.29) is 5.91 Å². The number of methoxy groups -OCH3 is 1. The van der Waals surface area contributed by atoms with Crippen molar-refractivity contribution in [1.29, 1.82) is 0 Å². The number of hydrogen-bond acceptors (Lipinski definition) is 2. The van der Waals surface area contributed by atoms with E-state index in [2.05, 4.69) is 5.32 Å². The summed E-state index contributed by atoms with van der Waals surface area (Å²) in [6, 6.07) is 5.69. The van der Waals surface area contributed by atoms with Gasteiger partial charge in [-0.05, 0) is 18.1 Å². The molecule has 1 heterocycles. The van der Waals surface area contributed by atoms with Gasteiger partial charge in [0.05, 0.1) is 12.7 Å². The summed E-state index contributed by atoms with van der Waals surface area (Å²) >= 11 is 0. The predicted octanol–water partition coefficient (Wildman–Crippen LogP) is 0.981. The Hall–Kier alpha value is -1.51. The van der Waals surface area contributed by atoms with E-state index in [1.165, 1.54) is 0 Å². The minimum atomic E-state index is -0.0290. The van der Waals surface area contributed by atoms with Gasteiger partial charge in [-0.25, -0.2) is 0 Å². The molecule has 1 aliphatic rings. The Morgan fingerprint density at radius 3 is 3.08 bits per heavy atom. The topological polar surface area (TPSA) is 38.3 Å². The molecular formula is C10H11NO2. The van der Waals surface area contributed by atoms with E-state index in [1.807, 2.05) is 18.2 Å². The average molecular weight is 177 g/mol. The van der Waals surface area contributed by atoms with Crippen LogP contribution in [-0.4, -0.2) is 19.6 Å². The van der Waals surface area contributed by atoms with Gasteiger partial charge in [0.15, 0.2) is 0 Å². The lowest BCUT2D eigenvalue weighted by Crippen LogP contribution is -2.32. The Balaban J connectivity index is 2.56. The molecule has 0 saturated heterocycles. The van der Waals surface area contributed by atoms with Crippen molar-refractivity contribution in [2.45, 2.75) is 6.42 Å². The van der Waals surface area contributed by atoms with Crippen LogP contribution in [0.5, 0.6) is 5.75 Å². The van der Waals surface area contributed by atoms with E-state index in [0.717, 1.165) is 18.5 Å². The molecule has 0 saturated carbocycles. The molecule has 0 aromatic heterocycles. The van der Waals surface area contributed by atoms with E-state index in [1.54, 1.807) is 7.11 Å². The second-order valence-electron chi connectivity index (χ2n) is 3.00. The zero-order valence-electron chi connectivity index (χ0n) is 7.46. The van der Waals surface area contributed by atoms with Crippen molar-refractivity contribution in [3.05, 3.63) is 29.3 Å². The lowest BCUT2D eigenvalue weighted by Gasteiger charge is -2.18. The first-order chi connectivity index (χ1) is 6.33. The molecule has 3 nitrogen and oxygen atoms in total. The molecule has 1 N–H and O–H groups in total. The Morgan fingerprint density at radius 1 is 1.46 bits per heavy atom. The van der Waals surface area contributed by atoms with Crippen LogP contribution in [0.15, 0.2) is 18.2 Å². The van der Waals surface area contributed by atoms with Crippen molar-refractivity contribution >= 4 is 5.91 Å². The van der Waals surface area contributed by atoms with Gasteiger partial charge in [-0.2, -0.15) is 0 Å². The predicted molar refractivity (Wildman–Crippen MR) is 49.0 cm³/mol. The highest BCUT2D eigenvalue weighted by atomic mass is 16.5. The number of nitrogens with one attached hydrogen (secondary N) is 1. The molecular weight excluding hydrogens is 166 g/mol. The minimum Gasteiger partial charge on any atom is -0.496 e. The third-order valence-electron chi connectivity index (χ3n) is 2.24. The number of rotatable bonds is 1. The Bertz CT molecular complexity index is 333. The summed E-state index contributed by atoms with van der Waals surface area (Å²) in [7, 11) is 1.58. The SMILES string of the molecule is COc1cccc2c1C(=O)NCC2. The number of hydrogen-bond donors (Lipinski definition) is 1. The summed E-state index contributed by atoms with van der Waals surface area (Å²) in [5.74, 6) is 0.633. The van der Waals surface area contributed by atoms with Gasteiger partial charge in [-0.15, -0.1) is 0 Å². The molecule has 0 radical (unpaired) electrons. The van der Waals surface area contributed by atoms with Crippen LogP contribution in [-0.2, 0) is 6.42 Å². The highest BCUT2D eigenvalue weighted by Gasteiger charge is 2.20. The normalized spacial score (nSPS) is 14.7. The minimum absolute atomic E-state index is 0.0290. The first-order valence-corrected chi connectivity index (χ1v) is 4.27. The van der Waals surface area contributed by atoms with Crippen molar-refractivity contribution in [2.75, 3.05) is 13.7 Å². The zero-order chi connectivity index (χ0) is 9.26. The summed E-state index contributed by atoms with van der Waals surface area (Å²) in [4.78, 5) is 11.5. The van der Waals surface area contributed by atoms with Gasteiger partial charge < -0.3 is 10.1 Å². The van der Waals surface area contributed by atoms with E-state index in [4.69, 9.17) is 4.74 Å². The molecule has 0 unspecified atom stereocenters. The first-order valence-electron chi connectivity index (χ1n) is 4.27. The maximum atomic E-state index is 11.5. The third-order valence-corrected chi connectivity index (χ3v) is 2.24. The summed E-state index contributed by atoms with van der Waals surface area (Å²) < 4.78 is 5.12. The van der Waals surface area contributed by atoms with E-state index in [0.29, 0.717) is 11.3 Å². The summed E-state index contributed by atoms with van der Waals surface area (Å²) in [6.07, 6.45) is 0.887. The fraction of sp³-hybridized carbons (Fsp3) is 0.300. The third kappa shape index (κ3) is 1.26. The number of carbonyl (C=O) groups excluding carboxylic acids is 1. The monoisotopic (exact) mass is 177 g/mol. The van der Waals surface area contributed by atoms with Crippen molar-refractivity contribution in [3.8, 4) is 5.75 Å². The number of ether oxygens (including phenoxy) is 1. The first kappa shape index (κ1) is 8.10. The van der Waals surface area contributed by atoms with Gasteiger partial charge in [0.1, 0.15) is 5.75 Å². The maximum absolute atomic E-state index is 11.5. The van der Waals surface area contributed by atoms with Crippen LogP contribution in [0.3, 0.4) is 0 Å². The summed E-state index contributed by atoms with van der Waals surface area (Å²) in [6.45, 7) is 0.721. The van der Waals surface area contributed by atoms with Gasteiger partial charge in [-0.1, -0.05) is 12.1 Å². The quantitative estimate of drug-likeness (QED) is 0.694. The lowest BCUT2D eigenvalue weighted by atomic mass is 10.00. The van der Waals surface area contributed by atoms with Crippen LogP contribution in [0.2, 0.25) is 0 Å². The van der Waals surface area contributed by atoms with Crippen LogP contribution >= 0.6 is 0 Å². The molecule has 3 heteroatoms. The van der Waals surface area contributed by atoms with E-state index < -0.39 is 0 Å². The van der Waals surface area contributed by atoms with Crippen LogP contribution in [0.25, 0.3) is 0 Å². The summed E-state index contributed by atoms with van der Waals surface area (Å²) in [5.41, 5.74) is 1.76. The molecule has 68 valence electrons. The van der Waals surface area contributed by atoms with Crippen LogP contribution in [0.1, 0.15) is 15.9 Å². The van der Waals surface area contributed by atoms with Crippen LogP contribution < -0.4 is 10.1 Å². The molecule has 1 aromatic rings. The molecule has 0 fully saturated rings. The molecule has 0 bridgehead atoms. The largest absolute Gasteiger partial charge is 0.496 e. The highest BCUT2D eigenvalue weighted by molar-refractivity contribution is 5.99. The zero-order valence-corrected chi connectivity index (χ0v) is 7.46. The van der Waals surface area contributed by atoms with Crippen molar-refractivity contribution in [1.82, 2.24) is 5.32 Å². The standard InChI is InChI=1S/C10H11NO2/c1-13-8-4-2-3-7-5-6-11-10(12)9(7)8/h2-4H,5-6H2,1H3,(H,11,12). The van der Waals surface area contributed by atoms with E-state index in [9.17, 15) is 4.79 Å². The molecule has 0 aliphatic carbocycles. The average Bonchev–Trinajstić information content (AvgIpc) is 2.17. The number of amides is 1.